The van der Waals surface area contributed by atoms with Gasteiger partial charge in [-0.25, -0.2) is 0 Å². The van der Waals surface area contributed by atoms with Gasteiger partial charge in [-0.05, 0) is 27.7 Å². The van der Waals surface area contributed by atoms with Crippen molar-refractivity contribution in [2.75, 3.05) is 26.4 Å². The standard InChI is InChI=1S/C10H24N2O4/c1-5-13-9(11,14-6-2)10(12,15-7-3)16-8-4/h5-8,11-12H2,1-4H3. The summed E-state index contributed by atoms with van der Waals surface area (Å²) in [6, 6.07) is 0. The Balaban J connectivity index is 4.90. The molecule has 16 heavy (non-hydrogen) atoms. The van der Waals surface area contributed by atoms with E-state index >= 15 is 0 Å². The molecule has 0 aromatic heterocycles. The molecule has 0 unspecified atom stereocenters. The lowest BCUT2D eigenvalue weighted by Crippen LogP contribution is -2.71. The van der Waals surface area contributed by atoms with E-state index in [4.69, 9.17) is 30.4 Å². The molecule has 0 fully saturated rings. The minimum absolute atomic E-state index is 0.343. The molecule has 0 spiro atoms. The first-order chi connectivity index (χ1) is 7.49. The van der Waals surface area contributed by atoms with E-state index in [-0.39, 0.29) is 0 Å². The fourth-order valence-electron chi connectivity index (χ4n) is 1.34. The zero-order chi connectivity index (χ0) is 12.7. The summed E-state index contributed by atoms with van der Waals surface area (Å²) in [5, 5.41) is 0. The topological polar surface area (TPSA) is 89.0 Å². The summed E-state index contributed by atoms with van der Waals surface area (Å²) in [4.78, 5) is 0. The molecule has 0 heterocycles. The zero-order valence-corrected chi connectivity index (χ0v) is 10.6. The molecule has 0 atom stereocenters. The second kappa shape index (κ2) is 7.16. The fourth-order valence-corrected chi connectivity index (χ4v) is 1.34. The van der Waals surface area contributed by atoms with E-state index in [1.807, 2.05) is 0 Å². The Kier molecular flexibility index (Phi) is 7.05. The molecule has 4 N–H and O–H groups in total. The van der Waals surface area contributed by atoms with Crippen LogP contribution in [0.15, 0.2) is 0 Å². The van der Waals surface area contributed by atoms with Crippen LogP contribution in [0.1, 0.15) is 27.7 Å². The third kappa shape index (κ3) is 3.65. The van der Waals surface area contributed by atoms with Gasteiger partial charge in [0.1, 0.15) is 0 Å². The third-order valence-corrected chi connectivity index (χ3v) is 1.92. The fraction of sp³-hybridized carbons (Fsp3) is 1.00. The molecule has 0 amide bonds. The van der Waals surface area contributed by atoms with Crippen LogP contribution in [0.3, 0.4) is 0 Å². The molecular formula is C10H24N2O4. The van der Waals surface area contributed by atoms with Crippen LogP contribution in [0.2, 0.25) is 0 Å². The molecule has 0 saturated carbocycles. The molecule has 0 bridgehead atoms. The van der Waals surface area contributed by atoms with Crippen molar-refractivity contribution in [3.8, 4) is 0 Å². The van der Waals surface area contributed by atoms with Gasteiger partial charge in [-0.3, -0.25) is 11.5 Å². The van der Waals surface area contributed by atoms with Crippen LogP contribution in [0.4, 0.5) is 0 Å². The lowest BCUT2D eigenvalue weighted by molar-refractivity contribution is -0.404. The number of nitrogens with two attached hydrogens (primary N) is 2. The van der Waals surface area contributed by atoms with Crippen molar-refractivity contribution >= 4 is 0 Å². The zero-order valence-electron chi connectivity index (χ0n) is 10.6. The molecule has 0 saturated heterocycles. The average Bonchev–Trinajstić information content (AvgIpc) is 2.19. The Hall–Kier alpha value is -0.240. The minimum atomic E-state index is -1.61. The van der Waals surface area contributed by atoms with Crippen LogP contribution in [-0.2, 0) is 18.9 Å². The van der Waals surface area contributed by atoms with Crippen molar-refractivity contribution in [3.05, 3.63) is 0 Å². The van der Waals surface area contributed by atoms with Crippen molar-refractivity contribution in [1.29, 1.82) is 0 Å². The number of ether oxygens (including phenoxy) is 4. The highest BCUT2D eigenvalue weighted by Crippen LogP contribution is 2.23. The maximum absolute atomic E-state index is 5.95. The second-order valence-corrected chi connectivity index (χ2v) is 3.07. The van der Waals surface area contributed by atoms with Gasteiger partial charge in [-0.2, -0.15) is 0 Å². The Morgan fingerprint density at radius 3 is 0.938 bits per heavy atom. The first-order valence-corrected chi connectivity index (χ1v) is 5.63. The predicted molar refractivity (Wildman–Crippen MR) is 60.3 cm³/mol. The maximum atomic E-state index is 5.95. The Bertz CT molecular complexity index is 158. The van der Waals surface area contributed by atoms with E-state index in [2.05, 4.69) is 0 Å². The molecule has 0 radical (unpaired) electrons. The van der Waals surface area contributed by atoms with E-state index < -0.39 is 11.8 Å². The van der Waals surface area contributed by atoms with Crippen molar-refractivity contribution in [3.63, 3.8) is 0 Å². The molecule has 0 rings (SSSR count). The summed E-state index contributed by atoms with van der Waals surface area (Å²) in [6.07, 6.45) is 0. The molecule has 6 nitrogen and oxygen atoms in total. The van der Waals surface area contributed by atoms with Crippen LogP contribution >= 0.6 is 0 Å². The summed E-state index contributed by atoms with van der Waals surface area (Å²) >= 11 is 0. The van der Waals surface area contributed by atoms with Gasteiger partial charge in [0.05, 0.1) is 0 Å². The molecule has 0 aliphatic heterocycles. The lowest BCUT2D eigenvalue weighted by atomic mass is 10.3. The molecule has 0 aliphatic rings. The van der Waals surface area contributed by atoms with Gasteiger partial charge in [0.25, 0.3) is 11.8 Å². The first kappa shape index (κ1) is 15.8. The van der Waals surface area contributed by atoms with Gasteiger partial charge >= 0.3 is 0 Å². The normalized spacial score (nSPS) is 13.1. The van der Waals surface area contributed by atoms with Gasteiger partial charge in [0.15, 0.2) is 0 Å². The van der Waals surface area contributed by atoms with Gasteiger partial charge in [-0.15, -0.1) is 0 Å². The maximum Gasteiger partial charge on any atom is 0.297 e. The average molecular weight is 236 g/mol. The highest BCUT2D eigenvalue weighted by molar-refractivity contribution is 4.79. The Morgan fingerprint density at radius 1 is 0.625 bits per heavy atom. The highest BCUT2D eigenvalue weighted by Gasteiger charge is 2.51. The quantitative estimate of drug-likeness (QED) is 0.562. The first-order valence-electron chi connectivity index (χ1n) is 5.63. The minimum Gasteiger partial charge on any atom is -0.332 e. The molecule has 0 aromatic carbocycles. The van der Waals surface area contributed by atoms with Crippen molar-refractivity contribution in [1.82, 2.24) is 0 Å². The summed E-state index contributed by atoms with van der Waals surface area (Å²) in [5.74, 6) is -3.22. The van der Waals surface area contributed by atoms with Crippen LogP contribution in [-0.4, -0.2) is 38.2 Å². The Labute approximate surface area is 97.2 Å². The highest BCUT2D eigenvalue weighted by atomic mass is 16.8. The molecule has 0 aliphatic carbocycles. The molecule has 98 valence electrons. The van der Waals surface area contributed by atoms with Crippen LogP contribution in [0.5, 0.6) is 0 Å². The summed E-state index contributed by atoms with van der Waals surface area (Å²) < 4.78 is 21.3. The summed E-state index contributed by atoms with van der Waals surface area (Å²) in [6.45, 7) is 8.53. The molecule has 0 aromatic rings. The van der Waals surface area contributed by atoms with Crippen molar-refractivity contribution in [2.24, 2.45) is 11.5 Å². The number of rotatable bonds is 9. The van der Waals surface area contributed by atoms with E-state index in [0.717, 1.165) is 0 Å². The summed E-state index contributed by atoms with van der Waals surface area (Å²) in [7, 11) is 0. The van der Waals surface area contributed by atoms with Gasteiger partial charge in [0, 0.05) is 26.4 Å². The molecular weight excluding hydrogens is 212 g/mol. The Morgan fingerprint density at radius 2 is 0.812 bits per heavy atom. The number of hydrogen-bond donors (Lipinski definition) is 2. The van der Waals surface area contributed by atoms with E-state index in [0.29, 0.717) is 26.4 Å². The summed E-state index contributed by atoms with van der Waals surface area (Å²) in [5.41, 5.74) is 11.9. The SMILES string of the molecule is CCOC(N)(OCC)C(N)(OCC)OCC. The monoisotopic (exact) mass is 236 g/mol. The van der Waals surface area contributed by atoms with Crippen LogP contribution in [0, 0.1) is 0 Å². The van der Waals surface area contributed by atoms with Crippen LogP contribution < -0.4 is 11.5 Å². The number of hydrogen-bond acceptors (Lipinski definition) is 6. The van der Waals surface area contributed by atoms with Crippen molar-refractivity contribution in [2.45, 2.75) is 39.5 Å². The van der Waals surface area contributed by atoms with E-state index in [9.17, 15) is 0 Å². The van der Waals surface area contributed by atoms with E-state index in [1.165, 1.54) is 0 Å². The lowest BCUT2D eigenvalue weighted by Gasteiger charge is -2.42. The van der Waals surface area contributed by atoms with Gasteiger partial charge < -0.3 is 18.9 Å². The van der Waals surface area contributed by atoms with Crippen molar-refractivity contribution < 1.29 is 18.9 Å². The van der Waals surface area contributed by atoms with E-state index in [1.54, 1.807) is 27.7 Å². The largest absolute Gasteiger partial charge is 0.332 e. The third-order valence-electron chi connectivity index (χ3n) is 1.92. The van der Waals surface area contributed by atoms with Gasteiger partial charge in [-0.1, -0.05) is 0 Å². The smallest absolute Gasteiger partial charge is 0.297 e. The predicted octanol–water partition coefficient (Wildman–Crippen LogP) is 0.357. The second-order valence-electron chi connectivity index (χ2n) is 3.07. The van der Waals surface area contributed by atoms with Gasteiger partial charge in [0.2, 0.25) is 0 Å². The van der Waals surface area contributed by atoms with Crippen LogP contribution in [0.25, 0.3) is 0 Å². The molecule has 6 heteroatoms.